The quantitative estimate of drug-likeness (QED) is 0.508. The average molecular weight is 387 g/mol. The number of H-pyrrole nitrogens is 1. The first-order valence-electron chi connectivity index (χ1n) is 9.25. The number of para-hydroxylation sites is 2. The Balaban J connectivity index is 1.44. The number of rotatable bonds is 6. The van der Waals surface area contributed by atoms with Crippen molar-refractivity contribution in [2.45, 2.75) is 6.92 Å². The van der Waals surface area contributed by atoms with Crippen molar-refractivity contribution in [1.82, 2.24) is 9.97 Å². The van der Waals surface area contributed by atoms with E-state index in [-0.39, 0.29) is 12.5 Å². The fourth-order valence-electron chi connectivity index (χ4n) is 3.07. The third-order valence-corrected chi connectivity index (χ3v) is 4.49. The molecule has 0 atom stereocenters. The number of aromatic amines is 1. The molecule has 0 bridgehead atoms. The second kappa shape index (κ2) is 8.06. The van der Waals surface area contributed by atoms with Crippen molar-refractivity contribution in [3.8, 4) is 22.9 Å². The van der Waals surface area contributed by atoms with Gasteiger partial charge >= 0.3 is 0 Å². The molecular weight excluding hydrogens is 366 g/mol. The molecule has 0 aliphatic rings. The van der Waals surface area contributed by atoms with E-state index in [1.807, 2.05) is 67.6 Å². The van der Waals surface area contributed by atoms with E-state index in [1.165, 1.54) is 0 Å². The highest BCUT2D eigenvalue weighted by Gasteiger charge is 2.10. The minimum atomic E-state index is -0.255. The van der Waals surface area contributed by atoms with E-state index < -0.39 is 0 Å². The van der Waals surface area contributed by atoms with Gasteiger partial charge in [0.05, 0.1) is 18.1 Å². The number of hydrogen-bond donors (Lipinski definition) is 2. The normalized spacial score (nSPS) is 10.7. The van der Waals surface area contributed by atoms with Crippen molar-refractivity contribution in [2.24, 2.45) is 0 Å². The van der Waals surface area contributed by atoms with E-state index >= 15 is 0 Å². The Morgan fingerprint density at radius 1 is 1.03 bits per heavy atom. The highest BCUT2D eigenvalue weighted by atomic mass is 16.5. The van der Waals surface area contributed by atoms with Crippen molar-refractivity contribution < 1.29 is 14.3 Å². The van der Waals surface area contributed by atoms with Gasteiger partial charge in [0.1, 0.15) is 5.82 Å². The monoisotopic (exact) mass is 387 g/mol. The minimum absolute atomic E-state index is 0.117. The van der Waals surface area contributed by atoms with E-state index in [2.05, 4.69) is 15.3 Å². The summed E-state index contributed by atoms with van der Waals surface area (Å²) in [5.74, 6) is 1.63. The van der Waals surface area contributed by atoms with Crippen LogP contribution in [0.5, 0.6) is 11.5 Å². The average Bonchev–Trinajstić information content (AvgIpc) is 3.17. The van der Waals surface area contributed by atoms with Crippen LogP contribution in [0.2, 0.25) is 0 Å². The third kappa shape index (κ3) is 4.21. The Morgan fingerprint density at radius 2 is 1.90 bits per heavy atom. The molecule has 0 aliphatic carbocycles. The number of benzene rings is 3. The zero-order valence-corrected chi connectivity index (χ0v) is 16.2. The van der Waals surface area contributed by atoms with Gasteiger partial charge in [-0.3, -0.25) is 4.79 Å². The summed E-state index contributed by atoms with van der Waals surface area (Å²) in [5.41, 5.74) is 4.49. The molecule has 6 heteroatoms. The Morgan fingerprint density at radius 3 is 2.72 bits per heavy atom. The van der Waals surface area contributed by atoms with Crippen LogP contribution in [-0.4, -0.2) is 29.6 Å². The van der Waals surface area contributed by atoms with Crippen LogP contribution in [0.25, 0.3) is 22.4 Å². The first-order chi connectivity index (χ1) is 14.1. The number of nitrogens with zero attached hydrogens (tertiary/aromatic N) is 1. The zero-order chi connectivity index (χ0) is 20.2. The minimum Gasteiger partial charge on any atom is -0.493 e. The second-order valence-corrected chi connectivity index (χ2v) is 6.67. The molecule has 0 unspecified atom stereocenters. The molecular formula is C23H21N3O3. The lowest BCUT2D eigenvalue weighted by molar-refractivity contribution is -0.118. The summed E-state index contributed by atoms with van der Waals surface area (Å²) in [4.78, 5) is 20.2. The summed E-state index contributed by atoms with van der Waals surface area (Å²) in [6.45, 7) is 1.85. The maximum Gasteiger partial charge on any atom is 0.262 e. The van der Waals surface area contributed by atoms with Gasteiger partial charge in [-0.2, -0.15) is 0 Å². The predicted molar refractivity (Wildman–Crippen MR) is 113 cm³/mol. The lowest BCUT2D eigenvalue weighted by Gasteiger charge is -2.11. The number of fused-ring (bicyclic) bond motifs is 1. The number of anilines is 1. The molecule has 1 heterocycles. The molecule has 4 rings (SSSR count). The van der Waals surface area contributed by atoms with Crippen molar-refractivity contribution in [3.63, 3.8) is 0 Å². The number of ether oxygens (including phenoxy) is 2. The molecule has 0 saturated carbocycles. The summed E-state index contributed by atoms with van der Waals surface area (Å²) >= 11 is 0. The van der Waals surface area contributed by atoms with Gasteiger partial charge in [-0.05, 0) is 48.9 Å². The highest BCUT2D eigenvalue weighted by Crippen LogP contribution is 2.28. The highest BCUT2D eigenvalue weighted by molar-refractivity contribution is 5.92. The molecule has 1 amide bonds. The Kier molecular flexibility index (Phi) is 5.16. The maximum absolute atomic E-state index is 12.3. The van der Waals surface area contributed by atoms with Crippen LogP contribution < -0.4 is 14.8 Å². The Hall–Kier alpha value is -3.80. The molecule has 0 radical (unpaired) electrons. The molecule has 0 aliphatic heterocycles. The summed E-state index contributed by atoms with van der Waals surface area (Å²) in [7, 11) is 1.57. The van der Waals surface area contributed by atoms with Crippen LogP contribution in [-0.2, 0) is 4.79 Å². The van der Waals surface area contributed by atoms with Gasteiger partial charge in [-0.1, -0.05) is 30.3 Å². The number of amides is 1. The Bertz CT molecular complexity index is 1130. The summed E-state index contributed by atoms with van der Waals surface area (Å²) in [6, 6.07) is 20.9. The van der Waals surface area contributed by atoms with Gasteiger partial charge in [0.15, 0.2) is 18.1 Å². The molecule has 6 nitrogen and oxygen atoms in total. The van der Waals surface area contributed by atoms with Crippen LogP contribution in [0.3, 0.4) is 0 Å². The smallest absolute Gasteiger partial charge is 0.262 e. The topological polar surface area (TPSA) is 76.2 Å². The maximum atomic E-state index is 12.3. The van der Waals surface area contributed by atoms with Gasteiger partial charge < -0.3 is 19.8 Å². The third-order valence-electron chi connectivity index (χ3n) is 4.49. The van der Waals surface area contributed by atoms with Crippen molar-refractivity contribution in [1.29, 1.82) is 0 Å². The molecule has 1 aromatic heterocycles. The number of hydrogen-bond acceptors (Lipinski definition) is 4. The van der Waals surface area contributed by atoms with E-state index in [4.69, 9.17) is 9.47 Å². The fraction of sp³-hybridized carbons (Fsp3) is 0.130. The van der Waals surface area contributed by atoms with E-state index in [0.29, 0.717) is 17.2 Å². The molecule has 3 aromatic carbocycles. The number of carbonyl (C=O) groups excluding carboxylic acids is 1. The summed E-state index contributed by atoms with van der Waals surface area (Å²) in [5, 5.41) is 2.86. The summed E-state index contributed by atoms with van der Waals surface area (Å²) < 4.78 is 10.9. The van der Waals surface area contributed by atoms with E-state index in [1.54, 1.807) is 13.2 Å². The van der Waals surface area contributed by atoms with Crippen LogP contribution in [0, 0.1) is 6.92 Å². The fourth-order valence-corrected chi connectivity index (χ4v) is 3.07. The lowest BCUT2D eigenvalue weighted by atomic mass is 10.2. The first-order valence-corrected chi connectivity index (χ1v) is 9.25. The van der Waals surface area contributed by atoms with Gasteiger partial charge in [-0.25, -0.2) is 4.98 Å². The standard InChI is InChI=1S/C23H21N3O3/c1-15-10-11-20(21(12-15)28-2)29-14-22(27)24-17-7-5-6-16(13-17)23-25-18-8-3-4-9-19(18)26-23/h3-13H,14H2,1-2H3,(H,24,27)(H,25,26). The molecule has 29 heavy (non-hydrogen) atoms. The number of aromatic nitrogens is 2. The van der Waals surface area contributed by atoms with E-state index in [0.717, 1.165) is 28.0 Å². The molecule has 0 saturated heterocycles. The predicted octanol–water partition coefficient (Wildman–Crippen LogP) is 4.56. The van der Waals surface area contributed by atoms with Gasteiger partial charge in [-0.15, -0.1) is 0 Å². The molecule has 2 N–H and O–H groups in total. The Labute approximate surface area is 168 Å². The zero-order valence-electron chi connectivity index (χ0n) is 16.2. The van der Waals surface area contributed by atoms with Crippen LogP contribution in [0.1, 0.15) is 5.56 Å². The van der Waals surface area contributed by atoms with Gasteiger partial charge in [0.25, 0.3) is 5.91 Å². The summed E-state index contributed by atoms with van der Waals surface area (Å²) in [6.07, 6.45) is 0. The van der Waals surface area contributed by atoms with Gasteiger partial charge in [0, 0.05) is 11.3 Å². The van der Waals surface area contributed by atoms with Crippen LogP contribution in [0.15, 0.2) is 66.7 Å². The number of carbonyl (C=O) groups is 1. The van der Waals surface area contributed by atoms with Crippen molar-refractivity contribution >= 4 is 22.6 Å². The number of imidazole rings is 1. The molecule has 0 fully saturated rings. The first kappa shape index (κ1) is 18.6. The molecule has 146 valence electrons. The largest absolute Gasteiger partial charge is 0.493 e. The lowest BCUT2D eigenvalue weighted by Crippen LogP contribution is -2.20. The number of aryl methyl sites for hydroxylation is 1. The van der Waals surface area contributed by atoms with Crippen molar-refractivity contribution in [3.05, 3.63) is 72.3 Å². The van der Waals surface area contributed by atoms with Crippen LogP contribution in [0.4, 0.5) is 5.69 Å². The number of methoxy groups -OCH3 is 1. The number of nitrogens with one attached hydrogen (secondary N) is 2. The van der Waals surface area contributed by atoms with Crippen molar-refractivity contribution in [2.75, 3.05) is 19.0 Å². The molecule has 4 aromatic rings. The van der Waals surface area contributed by atoms with E-state index in [9.17, 15) is 4.79 Å². The second-order valence-electron chi connectivity index (χ2n) is 6.67. The molecule has 0 spiro atoms. The van der Waals surface area contributed by atoms with Gasteiger partial charge in [0.2, 0.25) is 0 Å². The van der Waals surface area contributed by atoms with Crippen LogP contribution >= 0.6 is 0 Å². The SMILES string of the molecule is COc1cc(C)ccc1OCC(=O)Nc1cccc(-c2nc3ccccc3[nH]2)c1.